The van der Waals surface area contributed by atoms with E-state index in [2.05, 4.69) is 10.3 Å². The summed E-state index contributed by atoms with van der Waals surface area (Å²) in [6, 6.07) is 4.47. The highest BCUT2D eigenvalue weighted by atomic mass is 32.1. The van der Waals surface area contributed by atoms with Gasteiger partial charge in [0.15, 0.2) is 0 Å². The number of benzene rings is 1. The number of nitrogens with one attached hydrogen (secondary N) is 1. The number of fused-ring (bicyclic) bond motifs is 1. The fraction of sp³-hybridized carbons (Fsp3) is 0.176. The summed E-state index contributed by atoms with van der Waals surface area (Å²) in [7, 11) is 0. The molecule has 11 heteroatoms. The van der Waals surface area contributed by atoms with Gasteiger partial charge in [-0.25, -0.2) is 9.78 Å². The van der Waals surface area contributed by atoms with Crippen LogP contribution in [0, 0.1) is 6.92 Å². The summed E-state index contributed by atoms with van der Waals surface area (Å²) in [4.78, 5) is 40.1. The zero-order valence-corrected chi connectivity index (χ0v) is 15.0. The lowest BCUT2D eigenvalue weighted by atomic mass is 10.1. The monoisotopic (exact) mass is 411 g/mol. The zero-order chi connectivity index (χ0) is 20.6. The predicted octanol–water partition coefficient (Wildman–Crippen LogP) is 3.12. The van der Waals surface area contributed by atoms with Gasteiger partial charge in [0.25, 0.3) is 5.56 Å². The third kappa shape index (κ3) is 3.60. The lowest BCUT2D eigenvalue weighted by molar-refractivity contribution is -0.137. The highest BCUT2D eigenvalue weighted by molar-refractivity contribution is 7.20. The van der Waals surface area contributed by atoms with E-state index in [4.69, 9.17) is 5.11 Å². The summed E-state index contributed by atoms with van der Waals surface area (Å²) < 4.78 is 40.0. The number of carbonyl (C=O) groups excluding carboxylic acids is 1. The molecule has 0 aliphatic rings. The van der Waals surface area contributed by atoms with E-state index < -0.39 is 41.4 Å². The van der Waals surface area contributed by atoms with Crippen LogP contribution < -0.4 is 10.9 Å². The Hall–Kier alpha value is -3.21. The van der Waals surface area contributed by atoms with Crippen LogP contribution in [0.3, 0.4) is 0 Å². The normalized spacial score (nSPS) is 11.6. The van der Waals surface area contributed by atoms with Crippen LogP contribution >= 0.6 is 11.3 Å². The van der Waals surface area contributed by atoms with Crippen molar-refractivity contribution >= 4 is 39.1 Å². The molecule has 0 saturated heterocycles. The summed E-state index contributed by atoms with van der Waals surface area (Å²) in [5.74, 6) is -2.06. The molecule has 0 fully saturated rings. The molecule has 0 aliphatic carbocycles. The summed E-state index contributed by atoms with van der Waals surface area (Å²) in [6.07, 6.45) is -3.59. The minimum absolute atomic E-state index is 0.0408. The number of anilines is 1. The van der Waals surface area contributed by atoms with Gasteiger partial charge in [-0.1, -0.05) is 12.1 Å². The second-order valence-corrected chi connectivity index (χ2v) is 6.81. The van der Waals surface area contributed by atoms with Crippen LogP contribution in [0.2, 0.25) is 0 Å². The molecule has 2 aromatic heterocycles. The maximum Gasteiger partial charge on any atom is 0.418 e. The van der Waals surface area contributed by atoms with Crippen LogP contribution in [0.25, 0.3) is 10.2 Å². The summed E-state index contributed by atoms with van der Waals surface area (Å²) in [5.41, 5.74) is -1.86. The Bertz CT molecular complexity index is 1150. The zero-order valence-electron chi connectivity index (χ0n) is 14.2. The molecule has 0 atom stereocenters. The van der Waals surface area contributed by atoms with Gasteiger partial charge in [0.2, 0.25) is 5.91 Å². The number of carboxylic acid groups (broad SMARTS) is 1. The Labute approximate surface area is 159 Å². The van der Waals surface area contributed by atoms with Crippen LogP contribution in [0.15, 0.2) is 35.4 Å². The first-order valence-corrected chi connectivity index (χ1v) is 8.59. The summed E-state index contributed by atoms with van der Waals surface area (Å²) in [6.45, 7) is 0.876. The van der Waals surface area contributed by atoms with Crippen LogP contribution in [0.1, 0.15) is 20.8 Å². The first-order valence-electron chi connectivity index (χ1n) is 7.77. The van der Waals surface area contributed by atoms with E-state index in [1.54, 1.807) is 0 Å². The van der Waals surface area contributed by atoms with E-state index in [0.717, 1.165) is 34.4 Å². The van der Waals surface area contributed by atoms with Crippen molar-refractivity contribution in [2.45, 2.75) is 19.6 Å². The minimum Gasteiger partial charge on any atom is -0.477 e. The van der Waals surface area contributed by atoms with Crippen molar-refractivity contribution in [1.29, 1.82) is 0 Å². The van der Waals surface area contributed by atoms with Gasteiger partial charge >= 0.3 is 12.1 Å². The molecular formula is C17H12F3N3O4S. The van der Waals surface area contributed by atoms with Crippen molar-refractivity contribution in [2.75, 3.05) is 5.32 Å². The Morgan fingerprint density at radius 2 is 1.96 bits per heavy atom. The topological polar surface area (TPSA) is 101 Å². The van der Waals surface area contributed by atoms with Crippen LogP contribution in [0.4, 0.5) is 18.9 Å². The maximum absolute atomic E-state index is 13.0. The van der Waals surface area contributed by atoms with Gasteiger partial charge in [0.05, 0.1) is 23.0 Å². The number of hydrogen-bond acceptors (Lipinski definition) is 5. The summed E-state index contributed by atoms with van der Waals surface area (Å²) >= 11 is 0.832. The average Bonchev–Trinajstić information content (AvgIpc) is 2.94. The third-order valence-corrected chi connectivity index (χ3v) is 5.12. The second-order valence-electron chi connectivity index (χ2n) is 5.81. The molecule has 2 heterocycles. The lowest BCUT2D eigenvalue weighted by Crippen LogP contribution is -2.28. The molecule has 0 bridgehead atoms. The number of hydrogen-bond donors (Lipinski definition) is 2. The van der Waals surface area contributed by atoms with Gasteiger partial charge in [0, 0.05) is 0 Å². The number of nitrogens with zero attached hydrogens (tertiary/aromatic N) is 2. The first kappa shape index (κ1) is 19.5. The number of carboxylic acids is 1. The van der Waals surface area contributed by atoms with Crippen molar-refractivity contribution in [3.8, 4) is 0 Å². The van der Waals surface area contributed by atoms with Gasteiger partial charge < -0.3 is 10.4 Å². The highest BCUT2D eigenvalue weighted by Gasteiger charge is 2.33. The number of alkyl halides is 3. The Morgan fingerprint density at radius 3 is 2.61 bits per heavy atom. The Balaban J connectivity index is 1.91. The number of halogens is 3. The number of thiophene rings is 1. The SMILES string of the molecule is Cc1c(C(=O)O)sc2ncn(CC(=O)Nc3ccccc3C(F)(F)F)c(=O)c12. The maximum atomic E-state index is 13.0. The number of aryl methyl sites for hydroxylation is 1. The smallest absolute Gasteiger partial charge is 0.418 e. The van der Waals surface area contributed by atoms with Gasteiger partial charge in [-0.3, -0.25) is 14.2 Å². The van der Waals surface area contributed by atoms with E-state index in [1.807, 2.05) is 0 Å². The predicted molar refractivity (Wildman–Crippen MR) is 95.7 cm³/mol. The number of amides is 1. The number of rotatable bonds is 4. The van der Waals surface area contributed by atoms with Gasteiger partial charge in [-0.2, -0.15) is 13.2 Å². The number of carbonyl (C=O) groups is 2. The Kier molecular flexibility index (Phi) is 4.94. The molecule has 0 spiro atoms. The largest absolute Gasteiger partial charge is 0.477 e. The number of aromatic carboxylic acids is 1. The van der Waals surface area contributed by atoms with Gasteiger partial charge in [-0.15, -0.1) is 11.3 Å². The highest BCUT2D eigenvalue weighted by Crippen LogP contribution is 2.34. The van der Waals surface area contributed by atoms with Crippen molar-refractivity contribution in [1.82, 2.24) is 9.55 Å². The molecule has 146 valence electrons. The van der Waals surface area contributed by atoms with Gasteiger partial charge in [0.1, 0.15) is 16.3 Å². The molecule has 7 nitrogen and oxygen atoms in total. The molecule has 0 aliphatic heterocycles. The lowest BCUT2D eigenvalue weighted by Gasteiger charge is -2.13. The Morgan fingerprint density at radius 1 is 1.29 bits per heavy atom. The van der Waals surface area contributed by atoms with E-state index in [-0.39, 0.29) is 20.7 Å². The molecule has 3 aromatic rings. The molecular weight excluding hydrogens is 399 g/mol. The van der Waals surface area contributed by atoms with E-state index in [0.29, 0.717) is 0 Å². The van der Waals surface area contributed by atoms with Crippen molar-refractivity contribution < 1.29 is 27.9 Å². The van der Waals surface area contributed by atoms with Crippen molar-refractivity contribution in [3.05, 3.63) is 57.0 Å². The first-order chi connectivity index (χ1) is 13.1. The van der Waals surface area contributed by atoms with Crippen LogP contribution in [-0.4, -0.2) is 26.5 Å². The van der Waals surface area contributed by atoms with Crippen molar-refractivity contribution in [3.63, 3.8) is 0 Å². The quantitative estimate of drug-likeness (QED) is 0.687. The van der Waals surface area contributed by atoms with E-state index in [1.165, 1.54) is 19.1 Å². The van der Waals surface area contributed by atoms with E-state index >= 15 is 0 Å². The standard InChI is InChI=1S/C17H12F3N3O4S/c1-8-12-14(28-13(8)16(26)27)21-7-23(15(12)25)6-11(24)22-10-5-3-2-4-9(10)17(18,19)20/h2-5,7H,6H2,1H3,(H,22,24)(H,26,27). The minimum atomic E-state index is -4.65. The van der Waals surface area contributed by atoms with Crippen LogP contribution in [-0.2, 0) is 17.5 Å². The number of para-hydroxylation sites is 1. The van der Waals surface area contributed by atoms with E-state index in [9.17, 15) is 27.6 Å². The third-order valence-electron chi connectivity index (χ3n) is 3.93. The molecule has 28 heavy (non-hydrogen) atoms. The van der Waals surface area contributed by atoms with Gasteiger partial charge in [-0.05, 0) is 24.6 Å². The van der Waals surface area contributed by atoms with Crippen LogP contribution in [0.5, 0.6) is 0 Å². The average molecular weight is 411 g/mol. The fourth-order valence-electron chi connectivity index (χ4n) is 2.66. The molecule has 0 unspecified atom stereocenters. The summed E-state index contributed by atoms with van der Waals surface area (Å²) in [5, 5.41) is 11.4. The second kappa shape index (κ2) is 7.08. The molecule has 2 N–H and O–H groups in total. The fourth-order valence-corrected chi connectivity index (χ4v) is 3.64. The molecule has 3 rings (SSSR count). The molecule has 1 amide bonds. The number of aromatic nitrogens is 2. The van der Waals surface area contributed by atoms with Crippen molar-refractivity contribution in [2.24, 2.45) is 0 Å². The molecule has 1 aromatic carbocycles. The molecule has 0 radical (unpaired) electrons. The molecule has 0 saturated carbocycles.